The number of halogens is 2. The molecule has 0 spiro atoms. The van der Waals surface area contributed by atoms with E-state index in [1.165, 1.54) is 11.0 Å². The normalized spacial score (nSPS) is 21.8. The Morgan fingerprint density at radius 1 is 1.41 bits per heavy atom. The zero-order valence-corrected chi connectivity index (χ0v) is 14.3. The number of likely N-dealkylation sites (tertiary alicyclic amines) is 1. The van der Waals surface area contributed by atoms with Crippen LogP contribution in [-0.2, 0) is 4.74 Å². The Morgan fingerprint density at radius 3 is 2.73 bits per heavy atom. The number of rotatable bonds is 2. The number of hydrogen-bond acceptors (Lipinski definition) is 4. The first-order valence-corrected chi connectivity index (χ1v) is 7.73. The van der Waals surface area contributed by atoms with Crippen molar-refractivity contribution in [3.05, 3.63) is 28.5 Å². The van der Waals surface area contributed by atoms with Crippen molar-refractivity contribution in [2.24, 2.45) is 0 Å². The van der Waals surface area contributed by atoms with E-state index < -0.39 is 29.7 Å². The molecule has 1 heterocycles. The van der Waals surface area contributed by atoms with E-state index in [0.717, 1.165) is 0 Å². The van der Waals surface area contributed by atoms with Gasteiger partial charge in [0.25, 0.3) is 0 Å². The molecule has 1 aromatic rings. The van der Waals surface area contributed by atoms with Crippen molar-refractivity contribution in [3.63, 3.8) is 0 Å². The van der Waals surface area contributed by atoms with Gasteiger partial charge in [0.1, 0.15) is 17.8 Å². The zero-order chi connectivity index (χ0) is 16.5. The summed E-state index contributed by atoms with van der Waals surface area (Å²) in [6.45, 7) is 5.53. The molecule has 122 valence electrons. The molecule has 1 aliphatic rings. The first kappa shape index (κ1) is 17.0. The van der Waals surface area contributed by atoms with Gasteiger partial charge in [-0.15, -0.1) is 0 Å². The van der Waals surface area contributed by atoms with E-state index in [1.54, 1.807) is 32.9 Å². The molecule has 0 aliphatic carbocycles. The van der Waals surface area contributed by atoms with Crippen molar-refractivity contribution >= 4 is 22.0 Å². The highest BCUT2D eigenvalue weighted by Gasteiger charge is 2.38. The van der Waals surface area contributed by atoms with Crippen LogP contribution >= 0.6 is 15.9 Å². The molecular weight excluding hydrogens is 357 g/mol. The SMILES string of the molecule is CC(C)(C)OC(=O)N1C[C@H](Oc2cccc(Br)c2F)[C@@H](O)C1. The second-order valence-electron chi connectivity index (χ2n) is 6.16. The van der Waals surface area contributed by atoms with Gasteiger partial charge >= 0.3 is 6.09 Å². The van der Waals surface area contributed by atoms with E-state index in [1.807, 2.05) is 0 Å². The van der Waals surface area contributed by atoms with Crippen molar-refractivity contribution in [1.29, 1.82) is 0 Å². The van der Waals surface area contributed by atoms with Crippen LogP contribution in [0.4, 0.5) is 9.18 Å². The third kappa shape index (κ3) is 4.10. The Morgan fingerprint density at radius 2 is 2.09 bits per heavy atom. The molecule has 1 saturated heterocycles. The summed E-state index contributed by atoms with van der Waals surface area (Å²) in [7, 11) is 0. The van der Waals surface area contributed by atoms with Gasteiger partial charge < -0.3 is 19.5 Å². The number of carbonyl (C=O) groups excluding carboxylic acids is 1. The molecule has 0 radical (unpaired) electrons. The van der Waals surface area contributed by atoms with Gasteiger partial charge in [0, 0.05) is 0 Å². The molecule has 1 amide bonds. The van der Waals surface area contributed by atoms with Crippen LogP contribution in [0.15, 0.2) is 22.7 Å². The zero-order valence-electron chi connectivity index (χ0n) is 12.7. The lowest BCUT2D eigenvalue weighted by molar-refractivity contribution is 0.0268. The first-order valence-electron chi connectivity index (χ1n) is 6.94. The Balaban J connectivity index is 2.02. The monoisotopic (exact) mass is 375 g/mol. The Bertz CT molecular complexity index is 561. The number of β-amino-alcohol motifs (C(OH)–C–C–N with tert-alkyl or cyclic N) is 1. The predicted octanol–water partition coefficient (Wildman–Crippen LogP) is 2.95. The molecule has 5 nitrogen and oxygen atoms in total. The van der Waals surface area contributed by atoms with Gasteiger partial charge in [-0.1, -0.05) is 6.07 Å². The highest BCUT2D eigenvalue weighted by atomic mass is 79.9. The highest BCUT2D eigenvalue weighted by molar-refractivity contribution is 9.10. The number of ether oxygens (including phenoxy) is 2. The van der Waals surface area contributed by atoms with E-state index in [2.05, 4.69) is 15.9 Å². The minimum absolute atomic E-state index is 0.0319. The summed E-state index contributed by atoms with van der Waals surface area (Å²) >= 11 is 3.08. The average molecular weight is 376 g/mol. The van der Waals surface area contributed by atoms with E-state index in [-0.39, 0.29) is 23.3 Å². The lowest BCUT2D eigenvalue weighted by Gasteiger charge is -2.24. The average Bonchev–Trinajstić information content (AvgIpc) is 2.75. The number of aliphatic hydroxyl groups is 1. The summed E-state index contributed by atoms with van der Waals surface area (Å²) in [5.74, 6) is -0.505. The van der Waals surface area contributed by atoms with Gasteiger partial charge in [0.05, 0.1) is 17.6 Å². The molecule has 0 unspecified atom stereocenters. The molecule has 1 N–H and O–H groups in total. The highest BCUT2D eigenvalue weighted by Crippen LogP contribution is 2.27. The van der Waals surface area contributed by atoms with Crippen LogP contribution in [0.2, 0.25) is 0 Å². The van der Waals surface area contributed by atoms with Gasteiger partial charge in [-0.25, -0.2) is 9.18 Å². The van der Waals surface area contributed by atoms with Crippen molar-refractivity contribution in [1.82, 2.24) is 4.90 Å². The van der Waals surface area contributed by atoms with Crippen LogP contribution in [0.5, 0.6) is 5.75 Å². The van der Waals surface area contributed by atoms with Crippen LogP contribution in [0.25, 0.3) is 0 Å². The van der Waals surface area contributed by atoms with Crippen LogP contribution in [0.3, 0.4) is 0 Å². The fraction of sp³-hybridized carbons (Fsp3) is 0.533. The molecule has 1 fully saturated rings. The molecule has 1 aromatic carbocycles. The van der Waals surface area contributed by atoms with Gasteiger partial charge in [0.2, 0.25) is 0 Å². The lowest BCUT2D eigenvalue weighted by atomic mass is 10.2. The molecule has 0 aromatic heterocycles. The van der Waals surface area contributed by atoms with Crippen LogP contribution in [0.1, 0.15) is 20.8 Å². The molecule has 0 bridgehead atoms. The summed E-state index contributed by atoms with van der Waals surface area (Å²) < 4.78 is 24.9. The molecule has 22 heavy (non-hydrogen) atoms. The largest absolute Gasteiger partial charge is 0.483 e. The topological polar surface area (TPSA) is 59.0 Å². The molecule has 2 atom stereocenters. The fourth-order valence-corrected chi connectivity index (χ4v) is 2.43. The number of amides is 1. The number of hydrogen-bond donors (Lipinski definition) is 1. The van der Waals surface area contributed by atoms with Crippen molar-refractivity contribution in [2.45, 2.75) is 38.6 Å². The standard InChI is InChI=1S/C15H19BrFNO4/c1-15(2,3)22-14(20)18-7-10(19)12(8-18)21-11-6-4-5-9(16)13(11)17/h4-6,10,12,19H,7-8H2,1-3H3/t10-,12-/m0/s1. The van der Waals surface area contributed by atoms with Gasteiger partial charge in [-0.3, -0.25) is 0 Å². The second-order valence-corrected chi connectivity index (χ2v) is 7.02. The molecule has 7 heteroatoms. The molecular formula is C15H19BrFNO4. The summed E-state index contributed by atoms with van der Waals surface area (Å²) in [4.78, 5) is 13.3. The van der Waals surface area contributed by atoms with Crippen LogP contribution < -0.4 is 4.74 Å². The fourth-order valence-electron chi connectivity index (χ4n) is 2.09. The smallest absolute Gasteiger partial charge is 0.410 e. The Labute approximate surface area is 137 Å². The summed E-state index contributed by atoms with van der Waals surface area (Å²) in [5.41, 5.74) is -0.614. The molecule has 2 rings (SSSR count). The Hall–Kier alpha value is -1.34. The van der Waals surface area contributed by atoms with Crippen molar-refractivity contribution < 1.29 is 23.8 Å². The maximum atomic E-state index is 13.9. The van der Waals surface area contributed by atoms with E-state index in [9.17, 15) is 14.3 Å². The maximum absolute atomic E-state index is 13.9. The summed E-state index contributed by atoms with van der Waals surface area (Å²) in [5, 5.41) is 10.0. The van der Waals surface area contributed by atoms with Gasteiger partial charge in [-0.05, 0) is 48.8 Å². The predicted molar refractivity (Wildman–Crippen MR) is 82.3 cm³/mol. The lowest BCUT2D eigenvalue weighted by Crippen LogP contribution is -2.36. The van der Waals surface area contributed by atoms with Crippen molar-refractivity contribution in [3.8, 4) is 5.75 Å². The maximum Gasteiger partial charge on any atom is 0.410 e. The second kappa shape index (κ2) is 6.42. The quantitative estimate of drug-likeness (QED) is 0.863. The number of carbonyl (C=O) groups is 1. The Kier molecular flexibility index (Phi) is 4.97. The van der Waals surface area contributed by atoms with E-state index in [4.69, 9.17) is 9.47 Å². The van der Waals surface area contributed by atoms with E-state index >= 15 is 0 Å². The molecule has 0 saturated carbocycles. The third-order valence-corrected chi connectivity index (χ3v) is 3.70. The summed E-state index contributed by atoms with van der Waals surface area (Å²) in [6, 6.07) is 4.67. The third-order valence-electron chi connectivity index (χ3n) is 3.08. The van der Waals surface area contributed by atoms with Gasteiger partial charge in [-0.2, -0.15) is 0 Å². The van der Waals surface area contributed by atoms with Gasteiger partial charge in [0.15, 0.2) is 11.6 Å². The van der Waals surface area contributed by atoms with Crippen LogP contribution in [0, 0.1) is 5.82 Å². The van der Waals surface area contributed by atoms with Crippen molar-refractivity contribution in [2.75, 3.05) is 13.1 Å². The molecule has 1 aliphatic heterocycles. The number of nitrogens with zero attached hydrogens (tertiary/aromatic N) is 1. The minimum Gasteiger partial charge on any atom is -0.483 e. The number of benzene rings is 1. The minimum atomic E-state index is -0.897. The number of aliphatic hydroxyl groups excluding tert-OH is 1. The van der Waals surface area contributed by atoms with Crippen LogP contribution in [-0.4, -0.2) is 47.0 Å². The summed E-state index contributed by atoms with van der Waals surface area (Å²) in [6.07, 6.45) is -2.12. The van der Waals surface area contributed by atoms with E-state index in [0.29, 0.717) is 0 Å². The first-order chi connectivity index (χ1) is 10.2.